The summed E-state index contributed by atoms with van der Waals surface area (Å²) in [5.41, 5.74) is 7.61. The zero-order chi connectivity index (χ0) is 13.8. The van der Waals surface area contributed by atoms with Crippen LogP contribution in [0.3, 0.4) is 0 Å². The molecule has 0 fully saturated rings. The number of pyridine rings is 1. The van der Waals surface area contributed by atoms with E-state index in [1.807, 2.05) is 48.3 Å². The summed E-state index contributed by atoms with van der Waals surface area (Å²) in [4.78, 5) is 6.67. The van der Waals surface area contributed by atoms with Gasteiger partial charge in [-0.3, -0.25) is 0 Å². The molecular formula is C14H14ClN3S. The third-order valence-electron chi connectivity index (χ3n) is 2.73. The van der Waals surface area contributed by atoms with E-state index in [9.17, 15) is 0 Å². The number of halogens is 1. The first-order valence-corrected chi connectivity index (χ1v) is 6.57. The van der Waals surface area contributed by atoms with Crippen LogP contribution in [0, 0.1) is 0 Å². The van der Waals surface area contributed by atoms with Crippen molar-refractivity contribution in [2.75, 3.05) is 11.9 Å². The Morgan fingerprint density at radius 2 is 2.16 bits per heavy atom. The Morgan fingerprint density at radius 3 is 2.84 bits per heavy atom. The van der Waals surface area contributed by atoms with Crippen molar-refractivity contribution in [3.05, 3.63) is 58.7 Å². The van der Waals surface area contributed by atoms with Gasteiger partial charge in [0.2, 0.25) is 0 Å². The lowest BCUT2D eigenvalue weighted by Gasteiger charge is -2.19. The molecule has 1 aromatic heterocycles. The van der Waals surface area contributed by atoms with Gasteiger partial charge in [0.05, 0.1) is 5.02 Å². The average molecular weight is 292 g/mol. The minimum atomic E-state index is 0.403. The maximum atomic E-state index is 6.12. The van der Waals surface area contributed by atoms with Crippen molar-refractivity contribution in [1.82, 2.24) is 4.98 Å². The van der Waals surface area contributed by atoms with Crippen molar-refractivity contribution in [3.8, 4) is 0 Å². The highest BCUT2D eigenvalue weighted by Crippen LogP contribution is 2.22. The van der Waals surface area contributed by atoms with Crippen LogP contribution in [-0.4, -0.2) is 17.0 Å². The van der Waals surface area contributed by atoms with Gasteiger partial charge in [0.15, 0.2) is 0 Å². The van der Waals surface area contributed by atoms with Gasteiger partial charge in [0.1, 0.15) is 10.8 Å². The number of thiocarbonyl (C=S) groups is 1. The molecule has 0 saturated carbocycles. The minimum absolute atomic E-state index is 0.403. The normalized spacial score (nSPS) is 10.2. The Balaban J connectivity index is 2.19. The molecule has 0 unspecified atom stereocenters. The number of hydrogen-bond donors (Lipinski definition) is 1. The van der Waals surface area contributed by atoms with Crippen LogP contribution in [0.2, 0.25) is 5.02 Å². The Hall–Kier alpha value is -1.65. The lowest BCUT2D eigenvalue weighted by Crippen LogP contribution is -2.18. The first-order chi connectivity index (χ1) is 9.08. The molecule has 1 aromatic carbocycles. The van der Waals surface area contributed by atoms with Gasteiger partial charge in [0.25, 0.3) is 0 Å². The summed E-state index contributed by atoms with van der Waals surface area (Å²) in [6.07, 6.45) is 1.73. The highest BCUT2D eigenvalue weighted by Gasteiger charge is 2.08. The molecule has 0 saturated heterocycles. The SMILES string of the molecule is CN(Cc1cccc(C(N)=S)c1)c1ncccc1Cl. The van der Waals surface area contributed by atoms with Crippen LogP contribution in [-0.2, 0) is 6.54 Å². The molecule has 0 spiro atoms. The number of aromatic nitrogens is 1. The number of hydrogen-bond acceptors (Lipinski definition) is 3. The Morgan fingerprint density at radius 1 is 1.37 bits per heavy atom. The zero-order valence-electron chi connectivity index (χ0n) is 10.5. The molecular weight excluding hydrogens is 278 g/mol. The Labute approximate surface area is 123 Å². The molecule has 0 atom stereocenters. The maximum Gasteiger partial charge on any atom is 0.147 e. The van der Waals surface area contributed by atoms with Crippen LogP contribution in [0.1, 0.15) is 11.1 Å². The third-order valence-corrected chi connectivity index (χ3v) is 3.26. The van der Waals surface area contributed by atoms with Gasteiger partial charge in [0, 0.05) is 25.4 Å². The van der Waals surface area contributed by atoms with E-state index in [1.165, 1.54) is 0 Å². The van der Waals surface area contributed by atoms with Gasteiger partial charge in [-0.15, -0.1) is 0 Å². The summed E-state index contributed by atoms with van der Waals surface area (Å²) < 4.78 is 0. The first-order valence-electron chi connectivity index (χ1n) is 5.78. The lowest BCUT2D eigenvalue weighted by molar-refractivity contribution is 0.898. The van der Waals surface area contributed by atoms with E-state index in [-0.39, 0.29) is 0 Å². The van der Waals surface area contributed by atoms with Gasteiger partial charge < -0.3 is 10.6 Å². The monoisotopic (exact) mass is 291 g/mol. The van der Waals surface area contributed by atoms with E-state index < -0.39 is 0 Å². The fourth-order valence-corrected chi connectivity index (χ4v) is 2.22. The predicted molar refractivity (Wildman–Crippen MR) is 83.7 cm³/mol. The molecule has 3 nitrogen and oxygen atoms in total. The number of nitrogens with zero attached hydrogens (tertiary/aromatic N) is 2. The van der Waals surface area contributed by atoms with Crippen LogP contribution in [0.4, 0.5) is 5.82 Å². The molecule has 0 bridgehead atoms. The standard InChI is InChI=1S/C14H14ClN3S/c1-18(14-12(15)6-3-7-17-14)9-10-4-2-5-11(8-10)13(16)19/h2-8H,9H2,1H3,(H2,16,19). The second kappa shape index (κ2) is 5.99. The molecule has 0 radical (unpaired) electrons. The van der Waals surface area contributed by atoms with Crippen molar-refractivity contribution in [3.63, 3.8) is 0 Å². The van der Waals surface area contributed by atoms with Crippen LogP contribution in [0.15, 0.2) is 42.6 Å². The fourth-order valence-electron chi connectivity index (χ4n) is 1.83. The van der Waals surface area contributed by atoms with E-state index in [4.69, 9.17) is 29.6 Å². The van der Waals surface area contributed by atoms with Crippen LogP contribution < -0.4 is 10.6 Å². The smallest absolute Gasteiger partial charge is 0.147 e. The van der Waals surface area contributed by atoms with Crippen molar-refractivity contribution >= 4 is 34.6 Å². The van der Waals surface area contributed by atoms with Gasteiger partial charge in [-0.05, 0) is 23.8 Å². The number of nitrogens with two attached hydrogens (primary N) is 1. The largest absolute Gasteiger partial charge is 0.389 e. The Kier molecular flexibility index (Phi) is 4.35. The summed E-state index contributed by atoms with van der Waals surface area (Å²) in [6, 6.07) is 11.5. The first kappa shape index (κ1) is 13.8. The summed E-state index contributed by atoms with van der Waals surface area (Å²) in [7, 11) is 1.95. The summed E-state index contributed by atoms with van der Waals surface area (Å²) in [5.74, 6) is 0.755. The number of anilines is 1. The van der Waals surface area contributed by atoms with Crippen molar-refractivity contribution < 1.29 is 0 Å². The average Bonchev–Trinajstić information content (AvgIpc) is 2.39. The van der Waals surface area contributed by atoms with E-state index in [0.29, 0.717) is 16.6 Å². The topological polar surface area (TPSA) is 42.1 Å². The molecule has 19 heavy (non-hydrogen) atoms. The van der Waals surface area contributed by atoms with Crippen LogP contribution in [0.5, 0.6) is 0 Å². The van der Waals surface area contributed by atoms with Gasteiger partial charge in [-0.25, -0.2) is 4.98 Å². The van der Waals surface area contributed by atoms with Gasteiger partial charge in [-0.2, -0.15) is 0 Å². The van der Waals surface area contributed by atoms with E-state index in [1.54, 1.807) is 6.20 Å². The molecule has 2 aromatic rings. The van der Waals surface area contributed by atoms with E-state index in [2.05, 4.69) is 4.98 Å². The predicted octanol–water partition coefficient (Wildman–Crippen LogP) is 3.01. The van der Waals surface area contributed by atoms with Crippen molar-refractivity contribution in [2.45, 2.75) is 6.54 Å². The van der Waals surface area contributed by atoms with Crippen LogP contribution in [0.25, 0.3) is 0 Å². The van der Waals surface area contributed by atoms with E-state index >= 15 is 0 Å². The molecule has 5 heteroatoms. The molecule has 2 rings (SSSR count). The minimum Gasteiger partial charge on any atom is -0.389 e. The molecule has 2 N–H and O–H groups in total. The zero-order valence-corrected chi connectivity index (χ0v) is 12.1. The fraction of sp³-hybridized carbons (Fsp3) is 0.143. The number of rotatable bonds is 4. The second-order valence-electron chi connectivity index (χ2n) is 4.23. The second-order valence-corrected chi connectivity index (χ2v) is 5.08. The van der Waals surface area contributed by atoms with Gasteiger partial charge in [-0.1, -0.05) is 42.0 Å². The quantitative estimate of drug-likeness (QED) is 0.880. The third kappa shape index (κ3) is 3.43. The highest BCUT2D eigenvalue weighted by atomic mass is 35.5. The Bertz CT molecular complexity index is 601. The molecule has 0 aliphatic carbocycles. The molecule has 98 valence electrons. The molecule has 0 aliphatic heterocycles. The molecule has 0 amide bonds. The van der Waals surface area contributed by atoms with Crippen molar-refractivity contribution in [1.29, 1.82) is 0 Å². The van der Waals surface area contributed by atoms with Gasteiger partial charge >= 0.3 is 0 Å². The molecule has 0 aliphatic rings. The molecule has 1 heterocycles. The summed E-state index contributed by atoms with van der Waals surface area (Å²) >= 11 is 11.1. The summed E-state index contributed by atoms with van der Waals surface area (Å²) in [6.45, 7) is 0.688. The van der Waals surface area contributed by atoms with Crippen LogP contribution >= 0.6 is 23.8 Å². The maximum absolute atomic E-state index is 6.12. The van der Waals surface area contributed by atoms with E-state index in [0.717, 1.165) is 16.9 Å². The lowest BCUT2D eigenvalue weighted by atomic mass is 10.1. The van der Waals surface area contributed by atoms with Crippen molar-refractivity contribution in [2.24, 2.45) is 5.73 Å². The highest BCUT2D eigenvalue weighted by molar-refractivity contribution is 7.80. The number of benzene rings is 1. The summed E-state index contributed by atoms with van der Waals surface area (Å²) in [5, 5.41) is 0.635.